The Balaban J connectivity index is 1.53. The summed E-state index contributed by atoms with van der Waals surface area (Å²) >= 11 is 0. The summed E-state index contributed by atoms with van der Waals surface area (Å²) in [5, 5.41) is 2.44. The first-order valence-corrected chi connectivity index (χ1v) is 6.97. The van der Waals surface area contributed by atoms with Crippen molar-refractivity contribution in [2.75, 3.05) is 6.61 Å². The molecule has 1 N–H and O–H groups in total. The minimum absolute atomic E-state index is 0.155. The van der Waals surface area contributed by atoms with Gasteiger partial charge >= 0.3 is 12.1 Å². The lowest BCUT2D eigenvalue weighted by atomic mass is 10.0. The molecule has 0 unspecified atom stereocenters. The summed E-state index contributed by atoms with van der Waals surface area (Å²) < 4.78 is 9.62. The van der Waals surface area contributed by atoms with Crippen molar-refractivity contribution < 1.29 is 19.1 Å². The highest BCUT2D eigenvalue weighted by Gasteiger charge is 2.32. The Labute approximate surface area is 127 Å². The van der Waals surface area contributed by atoms with Crippen molar-refractivity contribution >= 4 is 12.1 Å². The van der Waals surface area contributed by atoms with Gasteiger partial charge in [0.15, 0.2) is 6.04 Å². The smallest absolute Gasteiger partial charge is 0.408 e. The van der Waals surface area contributed by atoms with Gasteiger partial charge in [-0.3, -0.25) is 0 Å². The van der Waals surface area contributed by atoms with E-state index in [0.717, 1.165) is 16.7 Å². The molecular formula is C17H15NO4. The second-order valence-corrected chi connectivity index (χ2v) is 4.97. The molecule has 0 bridgehead atoms. The molecule has 1 aliphatic heterocycles. The molecule has 0 spiro atoms. The molecule has 1 fully saturated rings. The molecule has 1 atom stereocenters. The van der Waals surface area contributed by atoms with E-state index in [1.807, 2.05) is 54.6 Å². The largest absolute Gasteiger partial charge is 0.461 e. The van der Waals surface area contributed by atoms with Crippen LogP contribution in [0.25, 0.3) is 11.1 Å². The van der Waals surface area contributed by atoms with Gasteiger partial charge in [0.25, 0.3) is 0 Å². The summed E-state index contributed by atoms with van der Waals surface area (Å²) in [6, 6.07) is 17.2. The first-order chi connectivity index (χ1) is 10.7. The first kappa shape index (κ1) is 14.1. The van der Waals surface area contributed by atoms with E-state index in [0.29, 0.717) is 0 Å². The van der Waals surface area contributed by atoms with Crippen LogP contribution in [-0.4, -0.2) is 24.7 Å². The summed E-state index contributed by atoms with van der Waals surface area (Å²) in [6.45, 7) is 0.363. The first-order valence-electron chi connectivity index (χ1n) is 6.97. The fraction of sp³-hybridized carbons (Fsp3) is 0.176. The van der Waals surface area contributed by atoms with Crippen LogP contribution in [0.1, 0.15) is 5.56 Å². The molecule has 112 valence electrons. The van der Waals surface area contributed by atoms with Crippen molar-refractivity contribution in [3.8, 4) is 11.1 Å². The fourth-order valence-electron chi connectivity index (χ4n) is 2.09. The number of rotatable bonds is 4. The van der Waals surface area contributed by atoms with E-state index in [-0.39, 0.29) is 13.2 Å². The van der Waals surface area contributed by atoms with Crippen LogP contribution >= 0.6 is 0 Å². The van der Waals surface area contributed by atoms with Crippen LogP contribution in [-0.2, 0) is 20.9 Å². The third kappa shape index (κ3) is 3.25. The molecule has 5 heteroatoms. The Kier molecular flexibility index (Phi) is 4.05. The molecule has 0 aliphatic carbocycles. The number of ether oxygens (including phenoxy) is 2. The Bertz CT molecular complexity index is 667. The monoisotopic (exact) mass is 297 g/mol. The van der Waals surface area contributed by atoms with Gasteiger partial charge in [0, 0.05) is 0 Å². The molecule has 0 aromatic heterocycles. The van der Waals surface area contributed by atoms with E-state index in [1.54, 1.807) is 0 Å². The third-order valence-corrected chi connectivity index (χ3v) is 3.40. The van der Waals surface area contributed by atoms with E-state index in [9.17, 15) is 9.59 Å². The molecule has 2 aromatic rings. The van der Waals surface area contributed by atoms with E-state index in [4.69, 9.17) is 4.74 Å². The SMILES string of the molecule is O=C(N[C@@H]1COC1=O)OCc1ccc(-c2ccccc2)cc1. The Morgan fingerprint density at radius 3 is 2.36 bits per heavy atom. The Morgan fingerprint density at radius 1 is 1.09 bits per heavy atom. The van der Waals surface area contributed by atoms with Gasteiger partial charge in [-0.15, -0.1) is 0 Å². The zero-order valence-corrected chi connectivity index (χ0v) is 11.8. The standard InChI is InChI=1S/C17H15NO4/c19-16-15(11-21-16)18-17(20)22-10-12-6-8-14(9-7-12)13-4-2-1-3-5-13/h1-9,15H,10-11H2,(H,18,20)/t15-/m1/s1. The van der Waals surface area contributed by atoms with Crippen LogP contribution in [0.3, 0.4) is 0 Å². The molecule has 5 nitrogen and oxygen atoms in total. The summed E-state index contributed by atoms with van der Waals surface area (Å²) in [5.41, 5.74) is 3.12. The highest BCUT2D eigenvalue weighted by atomic mass is 16.6. The van der Waals surface area contributed by atoms with Crippen LogP contribution in [0.2, 0.25) is 0 Å². The zero-order valence-electron chi connectivity index (χ0n) is 11.8. The van der Waals surface area contributed by atoms with E-state index < -0.39 is 18.1 Å². The van der Waals surface area contributed by atoms with E-state index in [2.05, 4.69) is 10.1 Å². The molecule has 3 rings (SSSR count). The molecule has 1 saturated heterocycles. The lowest BCUT2D eigenvalue weighted by Crippen LogP contribution is -2.53. The summed E-state index contributed by atoms with van der Waals surface area (Å²) in [5.74, 6) is -0.427. The van der Waals surface area contributed by atoms with Gasteiger partial charge in [0.2, 0.25) is 0 Å². The Hall–Kier alpha value is -2.82. The van der Waals surface area contributed by atoms with Gasteiger partial charge in [-0.05, 0) is 16.7 Å². The van der Waals surface area contributed by atoms with Gasteiger partial charge < -0.3 is 14.8 Å². The number of amides is 1. The van der Waals surface area contributed by atoms with Crippen molar-refractivity contribution in [3.63, 3.8) is 0 Å². The van der Waals surface area contributed by atoms with Crippen molar-refractivity contribution in [2.24, 2.45) is 0 Å². The fourth-order valence-corrected chi connectivity index (χ4v) is 2.09. The minimum Gasteiger partial charge on any atom is -0.461 e. The summed E-state index contributed by atoms with van der Waals surface area (Å²) in [4.78, 5) is 22.4. The zero-order chi connectivity index (χ0) is 15.4. The van der Waals surface area contributed by atoms with E-state index in [1.165, 1.54) is 0 Å². The quantitative estimate of drug-likeness (QED) is 0.881. The number of benzene rings is 2. The topological polar surface area (TPSA) is 64.6 Å². The van der Waals surface area contributed by atoms with Crippen molar-refractivity contribution in [3.05, 3.63) is 60.2 Å². The molecule has 1 heterocycles. The lowest BCUT2D eigenvalue weighted by molar-refractivity contribution is -0.162. The summed E-state index contributed by atoms with van der Waals surface area (Å²) in [6.07, 6.45) is -0.617. The van der Waals surface area contributed by atoms with Crippen LogP contribution < -0.4 is 5.32 Å². The third-order valence-electron chi connectivity index (χ3n) is 3.40. The molecule has 0 radical (unpaired) electrons. The van der Waals surface area contributed by atoms with Gasteiger partial charge in [-0.2, -0.15) is 0 Å². The highest BCUT2D eigenvalue weighted by molar-refractivity contribution is 5.85. The average molecular weight is 297 g/mol. The van der Waals surface area contributed by atoms with E-state index >= 15 is 0 Å². The van der Waals surface area contributed by atoms with Crippen LogP contribution in [0.15, 0.2) is 54.6 Å². The normalized spacial score (nSPS) is 16.4. The number of nitrogens with one attached hydrogen (secondary N) is 1. The molecule has 1 aliphatic rings. The van der Waals surface area contributed by atoms with Crippen molar-refractivity contribution in [2.45, 2.75) is 12.6 Å². The van der Waals surface area contributed by atoms with Gasteiger partial charge in [0.1, 0.15) is 13.2 Å². The maximum atomic E-state index is 11.5. The maximum Gasteiger partial charge on any atom is 0.408 e. The van der Waals surface area contributed by atoms with Crippen molar-refractivity contribution in [1.82, 2.24) is 5.32 Å². The number of alkyl carbamates (subject to hydrolysis) is 1. The van der Waals surface area contributed by atoms with Crippen LogP contribution in [0, 0.1) is 0 Å². The number of esters is 1. The van der Waals surface area contributed by atoms with Crippen molar-refractivity contribution in [1.29, 1.82) is 0 Å². The molecule has 2 aromatic carbocycles. The second kappa shape index (κ2) is 6.30. The lowest BCUT2D eigenvalue weighted by Gasteiger charge is -2.24. The summed E-state index contributed by atoms with van der Waals surface area (Å²) in [7, 11) is 0. The predicted molar refractivity (Wildman–Crippen MR) is 79.9 cm³/mol. The van der Waals surface area contributed by atoms with Crippen LogP contribution in [0.4, 0.5) is 4.79 Å². The minimum atomic E-state index is -0.617. The molecule has 0 saturated carbocycles. The van der Waals surface area contributed by atoms with Gasteiger partial charge in [0.05, 0.1) is 0 Å². The van der Waals surface area contributed by atoms with Gasteiger partial charge in [-0.25, -0.2) is 9.59 Å². The molecule has 22 heavy (non-hydrogen) atoms. The molecular weight excluding hydrogens is 282 g/mol. The van der Waals surface area contributed by atoms with Gasteiger partial charge in [-0.1, -0.05) is 54.6 Å². The number of hydrogen-bond acceptors (Lipinski definition) is 4. The average Bonchev–Trinajstić information content (AvgIpc) is 2.58. The second-order valence-electron chi connectivity index (χ2n) is 4.97. The maximum absolute atomic E-state index is 11.5. The number of cyclic esters (lactones) is 1. The number of carbonyl (C=O) groups is 2. The molecule has 1 amide bonds. The van der Waals surface area contributed by atoms with Crippen LogP contribution in [0.5, 0.6) is 0 Å². The highest BCUT2D eigenvalue weighted by Crippen LogP contribution is 2.19. The number of carbonyl (C=O) groups excluding carboxylic acids is 2. The Morgan fingerprint density at radius 2 is 1.77 bits per heavy atom. The predicted octanol–water partition coefficient (Wildman–Crippen LogP) is 2.51. The number of hydrogen-bond donors (Lipinski definition) is 1.